The van der Waals surface area contributed by atoms with Crippen molar-refractivity contribution in [1.29, 1.82) is 0 Å². The van der Waals surface area contributed by atoms with Gasteiger partial charge in [0.2, 0.25) is 0 Å². The van der Waals surface area contributed by atoms with Crippen LogP contribution in [-0.4, -0.2) is 0 Å². The molecule has 0 bridgehead atoms. The molecule has 10 heavy (non-hydrogen) atoms. The Bertz CT molecular complexity index is 119. The van der Waals surface area contributed by atoms with Crippen LogP contribution >= 0.6 is 0 Å². The summed E-state index contributed by atoms with van der Waals surface area (Å²) >= 11 is 0. The summed E-state index contributed by atoms with van der Waals surface area (Å²) in [7, 11) is 0. The Morgan fingerprint density at radius 2 is 2.00 bits per heavy atom. The van der Waals surface area contributed by atoms with Gasteiger partial charge in [0.25, 0.3) is 0 Å². The van der Waals surface area contributed by atoms with Crippen LogP contribution in [0.2, 0.25) is 0 Å². The highest BCUT2D eigenvalue weighted by Crippen LogP contribution is 2.36. The Hall–Kier alpha value is -0.260. The number of allylic oxidation sites excluding steroid dienone is 2. The van der Waals surface area contributed by atoms with Gasteiger partial charge >= 0.3 is 0 Å². The van der Waals surface area contributed by atoms with E-state index in [0.717, 1.165) is 18.3 Å². The fourth-order valence-corrected chi connectivity index (χ4v) is 1.97. The lowest BCUT2D eigenvalue weighted by Gasteiger charge is -2.31. The van der Waals surface area contributed by atoms with Crippen molar-refractivity contribution in [1.82, 2.24) is 0 Å². The van der Waals surface area contributed by atoms with Gasteiger partial charge in [-0.05, 0) is 43.3 Å². The van der Waals surface area contributed by atoms with Gasteiger partial charge in [0.15, 0.2) is 0 Å². The first-order valence-electron chi connectivity index (χ1n) is 4.20. The highest BCUT2D eigenvalue weighted by molar-refractivity contribution is 4.98. The third-order valence-corrected chi connectivity index (χ3v) is 2.62. The van der Waals surface area contributed by atoms with Crippen molar-refractivity contribution in [3.05, 3.63) is 18.6 Å². The van der Waals surface area contributed by atoms with E-state index in [2.05, 4.69) is 18.6 Å². The molecule has 2 rings (SSSR count). The van der Waals surface area contributed by atoms with Gasteiger partial charge in [0, 0.05) is 6.42 Å². The normalized spacial score (nSPS) is 39.2. The van der Waals surface area contributed by atoms with Gasteiger partial charge in [-0.1, -0.05) is 12.8 Å². The molecule has 2 unspecified atom stereocenters. The first-order valence-corrected chi connectivity index (χ1v) is 4.20. The molecule has 0 aliphatic heterocycles. The van der Waals surface area contributed by atoms with E-state index in [1.807, 2.05) is 0 Å². The van der Waals surface area contributed by atoms with E-state index in [4.69, 9.17) is 0 Å². The molecule has 4 radical (unpaired) electrons. The van der Waals surface area contributed by atoms with Gasteiger partial charge < -0.3 is 0 Å². The Morgan fingerprint density at radius 3 is 2.90 bits per heavy atom. The Balaban J connectivity index is 2.01. The summed E-state index contributed by atoms with van der Waals surface area (Å²) < 4.78 is 0. The number of fused-ring (bicyclic) bond motifs is 1. The summed E-state index contributed by atoms with van der Waals surface area (Å²) in [6.45, 7) is 0. The van der Waals surface area contributed by atoms with Crippen LogP contribution in [0.3, 0.4) is 0 Å². The molecule has 1 fully saturated rings. The Labute approximate surface area is 63.3 Å². The first kappa shape index (κ1) is 6.45. The zero-order valence-electron chi connectivity index (χ0n) is 6.19. The highest BCUT2D eigenvalue weighted by atomic mass is 14.3. The van der Waals surface area contributed by atoms with Crippen molar-refractivity contribution in [3.8, 4) is 0 Å². The first-order chi connectivity index (χ1) is 4.97. The molecule has 0 heterocycles. The van der Waals surface area contributed by atoms with E-state index in [1.165, 1.54) is 25.7 Å². The minimum Gasteiger partial charge on any atom is -0.0530 e. The summed E-state index contributed by atoms with van der Waals surface area (Å²) in [5.41, 5.74) is 0. The van der Waals surface area contributed by atoms with E-state index in [9.17, 15) is 0 Å². The van der Waals surface area contributed by atoms with Crippen LogP contribution in [0.1, 0.15) is 32.1 Å². The third kappa shape index (κ3) is 1.12. The molecule has 0 nitrogen and oxygen atoms in total. The lowest BCUT2D eigenvalue weighted by atomic mass is 9.73. The van der Waals surface area contributed by atoms with Crippen LogP contribution in [0, 0.1) is 30.4 Å². The zero-order valence-corrected chi connectivity index (χ0v) is 6.19. The van der Waals surface area contributed by atoms with Crippen molar-refractivity contribution in [2.45, 2.75) is 32.1 Å². The highest BCUT2D eigenvalue weighted by Gasteiger charge is 2.25. The molecule has 0 aromatic heterocycles. The van der Waals surface area contributed by atoms with Crippen LogP contribution < -0.4 is 0 Å². The van der Waals surface area contributed by atoms with Crippen molar-refractivity contribution in [2.24, 2.45) is 11.8 Å². The Kier molecular flexibility index (Phi) is 1.79. The predicted octanol–water partition coefficient (Wildman–Crippen LogP) is 2.44. The molecule has 52 valence electrons. The van der Waals surface area contributed by atoms with Crippen LogP contribution in [0.4, 0.5) is 0 Å². The molecule has 2 aliphatic carbocycles. The van der Waals surface area contributed by atoms with Crippen molar-refractivity contribution >= 4 is 0 Å². The van der Waals surface area contributed by atoms with Crippen molar-refractivity contribution in [2.75, 3.05) is 0 Å². The smallest absolute Gasteiger partial charge is 0.0207 e. The molecular weight excluding hydrogens is 120 g/mol. The number of rotatable bonds is 0. The second kappa shape index (κ2) is 2.77. The minimum absolute atomic E-state index is 0.731. The lowest BCUT2D eigenvalue weighted by molar-refractivity contribution is 0.262. The third-order valence-electron chi connectivity index (χ3n) is 2.62. The van der Waals surface area contributed by atoms with E-state index >= 15 is 0 Å². The van der Waals surface area contributed by atoms with Gasteiger partial charge in [-0.15, -0.1) is 0 Å². The molecule has 0 amide bonds. The summed E-state index contributed by atoms with van der Waals surface area (Å²) in [6.07, 6.45) is 16.1. The minimum atomic E-state index is 0.731. The molecule has 2 aliphatic rings. The van der Waals surface area contributed by atoms with Crippen molar-refractivity contribution in [3.63, 3.8) is 0 Å². The van der Waals surface area contributed by atoms with Crippen molar-refractivity contribution < 1.29 is 0 Å². The standard InChI is InChI=1S/C10H12/c1-2-6-10-8-4-3-7-9(10)5-1/h9-10H,1-2,5-7H2. The molecule has 0 heteroatoms. The number of hydrogen-bond acceptors (Lipinski definition) is 0. The molecule has 1 saturated carbocycles. The van der Waals surface area contributed by atoms with Crippen LogP contribution in [0.5, 0.6) is 0 Å². The van der Waals surface area contributed by atoms with Gasteiger partial charge in [0.1, 0.15) is 0 Å². The van der Waals surface area contributed by atoms with Crippen LogP contribution in [0.15, 0.2) is 0 Å². The molecule has 0 saturated heterocycles. The topological polar surface area (TPSA) is 0 Å². The molecule has 2 atom stereocenters. The fraction of sp³-hybridized carbons (Fsp3) is 0.700. The van der Waals surface area contributed by atoms with E-state index in [1.54, 1.807) is 0 Å². The van der Waals surface area contributed by atoms with E-state index in [-0.39, 0.29) is 0 Å². The predicted molar refractivity (Wildman–Crippen MR) is 39.8 cm³/mol. The zero-order chi connectivity index (χ0) is 6.81. The van der Waals surface area contributed by atoms with Crippen LogP contribution in [-0.2, 0) is 0 Å². The Morgan fingerprint density at radius 1 is 1.10 bits per heavy atom. The van der Waals surface area contributed by atoms with E-state index < -0.39 is 0 Å². The lowest BCUT2D eigenvalue weighted by Crippen LogP contribution is -2.21. The molecular formula is C10H12. The summed E-state index contributed by atoms with van der Waals surface area (Å²) in [5, 5.41) is 0. The average Bonchev–Trinajstić information content (AvgIpc) is 2.05. The molecule has 0 aromatic rings. The van der Waals surface area contributed by atoms with Gasteiger partial charge in [-0.2, -0.15) is 0 Å². The summed E-state index contributed by atoms with van der Waals surface area (Å²) in [4.78, 5) is 0. The monoisotopic (exact) mass is 132 g/mol. The second-order valence-electron chi connectivity index (χ2n) is 3.30. The number of hydrogen-bond donors (Lipinski definition) is 0. The molecule has 0 aromatic carbocycles. The summed E-state index contributed by atoms with van der Waals surface area (Å²) in [5.74, 6) is 1.60. The van der Waals surface area contributed by atoms with Crippen LogP contribution in [0.25, 0.3) is 0 Å². The van der Waals surface area contributed by atoms with E-state index in [0.29, 0.717) is 0 Å². The molecule has 0 spiro atoms. The van der Waals surface area contributed by atoms with Gasteiger partial charge in [0.05, 0.1) is 0 Å². The SMILES string of the molecule is [C]1[C]=[C]CC2CCCCC12. The average molecular weight is 132 g/mol. The van der Waals surface area contributed by atoms with Gasteiger partial charge in [-0.3, -0.25) is 0 Å². The summed E-state index contributed by atoms with van der Waals surface area (Å²) in [6, 6.07) is 0. The second-order valence-corrected chi connectivity index (χ2v) is 3.30. The maximum Gasteiger partial charge on any atom is 0.0207 e. The quantitative estimate of drug-likeness (QED) is 0.475. The fourth-order valence-electron chi connectivity index (χ4n) is 1.97. The maximum atomic E-state index is 3.26. The maximum absolute atomic E-state index is 3.26. The van der Waals surface area contributed by atoms with Gasteiger partial charge in [-0.25, -0.2) is 0 Å². The largest absolute Gasteiger partial charge is 0.0530 e. The molecule has 0 N–H and O–H groups in total.